The molecule has 1 aromatic carbocycles. The maximum atomic E-state index is 13.3. The molecule has 0 atom stereocenters. The van der Waals surface area contributed by atoms with Gasteiger partial charge < -0.3 is 4.90 Å². The highest BCUT2D eigenvalue weighted by Crippen LogP contribution is 2.19. The van der Waals surface area contributed by atoms with E-state index < -0.39 is 5.82 Å². The van der Waals surface area contributed by atoms with E-state index in [1.165, 1.54) is 18.2 Å². The van der Waals surface area contributed by atoms with Crippen LogP contribution in [0.2, 0.25) is 0 Å². The molecule has 0 aromatic heterocycles. The zero-order chi connectivity index (χ0) is 15.3. The highest BCUT2D eigenvalue weighted by molar-refractivity contribution is 7.80. The quantitative estimate of drug-likeness (QED) is 0.772. The Bertz CT molecular complexity index is 458. The Hall–Kier alpha value is -1.03. The molecule has 0 bridgehead atoms. The molecule has 0 spiro atoms. The molecule has 0 heterocycles. The van der Waals surface area contributed by atoms with Crippen molar-refractivity contribution < 1.29 is 9.18 Å². The van der Waals surface area contributed by atoms with E-state index >= 15 is 0 Å². The molecule has 1 amide bonds. The molecular weight excluding hydrogens is 273 g/mol. The maximum Gasteiger partial charge on any atom is 0.254 e. The van der Waals surface area contributed by atoms with Crippen LogP contribution in [0.4, 0.5) is 4.39 Å². The standard InChI is InChI=1S/C16H24FNOS/c1-5-13(6-2)18(10-11(3)4)16(19)12-7-8-14(17)15(20)9-12/h7-9,11,13,20H,5-6,10H2,1-4H3. The summed E-state index contributed by atoms with van der Waals surface area (Å²) in [5.74, 6) is -0.0407. The third kappa shape index (κ3) is 4.23. The summed E-state index contributed by atoms with van der Waals surface area (Å²) in [7, 11) is 0. The van der Waals surface area contributed by atoms with Crippen molar-refractivity contribution >= 4 is 18.5 Å². The molecule has 1 rings (SSSR count). The first-order chi connectivity index (χ1) is 9.40. The van der Waals surface area contributed by atoms with Crippen molar-refractivity contribution in [3.05, 3.63) is 29.6 Å². The van der Waals surface area contributed by atoms with Gasteiger partial charge in [0.15, 0.2) is 0 Å². The van der Waals surface area contributed by atoms with Crippen LogP contribution in [0.3, 0.4) is 0 Å². The van der Waals surface area contributed by atoms with Gasteiger partial charge in [-0.3, -0.25) is 4.79 Å². The fourth-order valence-corrected chi connectivity index (χ4v) is 2.55. The van der Waals surface area contributed by atoms with Crippen LogP contribution in [0.15, 0.2) is 23.1 Å². The third-order valence-electron chi connectivity index (χ3n) is 3.40. The minimum atomic E-state index is -0.400. The van der Waals surface area contributed by atoms with E-state index in [-0.39, 0.29) is 16.8 Å². The van der Waals surface area contributed by atoms with Gasteiger partial charge in [0.05, 0.1) is 0 Å². The first-order valence-corrected chi connectivity index (χ1v) is 7.64. The normalized spacial score (nSPS) is 11.2. The Balaban J connectivity index is 3.05. The molecule has 2 nitrogen and oxygen atoms in total. The van der Waals surface area contributed by atoms with Crippen LogP contribution in [0, 0.1) is 11.7 Å². The molecule has 4 heteroatoms. The summed E-state index contributed by atoms with van der Waals surface area (Å²) in [6.45, 7) is 9.08. The smallest absolute Gasteiger partial charge is 0.254 e. The van der Waals surface area contributed by atoms with Gasteiger partial charge in [-0.2, -0.15) is 0 Å². The van der Waals surface area contributed by atoms with Crippen molar-refractivity contribution in [3.8, 4) is 0 Å². The summed E-state index contributed by atoms with van der Waals surface area (Å²) in [5.41, 5.74) is 0.504. The van der Waals surface area contributed by atoms with Gasteiger partial charge >= 0.3 is 0 Å². The molecule has 0 saturated carbocycles. The summed E-state index contributed by atoms with van der Waals surface area (Å²) in [6.07, 6.45) is 1.84. The van der Waals surface area contributed by atoms with Gasteiger partial charge in [0.1, 0.15) is 5.82 Å². The number of hydrogen-bond donors (Lipinski definition) is 1. The largest absolute Gasteiger partial charge is 0.335 e. The Kier molecular flexibility index (Phi) is 6.53. The van der Waals surface area contributed by atoms with Gasteiger partial charge in [-0.15, -0.1) is 12.6 Å². The topological polar surface area (TPSA) is 20.3 Å². The van der Waals surface area contributed by atoms with Crippen LogP contribution >= 0.6 is 12.6 Å². The average Bonchev–Trinajstić information content (AvgIpc) is 2.41. The van der Waals surface area contributed by atoms with Crippen LogP contribution in [-0.2, 0) is 0 Å². The van der Waals surface area contributed by atoms with Crippen molar-refractivity contribution in [2.24, 2.45) is 5.92 Å². The second-order valence-electron chi connectivity index (χ2n) is 5.49. The van der Waals surface area contributed by atoms with Crippen molar-refractivity contribution in [1.82, 2.24) is 4.90 Å². The molecule has 0 aliphatic carbocycles. The lowest BCUT2D eigenvalue weighted by molar-refractivity contribution is 0.0640. The van der Waals surface area contributed by atoms with Crippen LogP contribution in [0.25, 0.3) is 0 Å². The van der Waals surface area contributed by atoms with Gasteiger partial charge in [0.25, 0.3) is 5.91 Å². The van der Waals surface area contributed by atoms with E-state index in [1.54, 1.807) is 0 Å². The van der Waals surface area contributed by atoms with Crippen LogP contribution in [0.1, 0.15) is 50.9 Å². The SMILES string of the molecule is CCC(CC)N(CC(C)C)C(=O)c1ccc(F)c(S)c1. The van der Waals surface area contributed by atoms with Gasteiger partial charge in [0.2, 0.25) is 0 Å². The zero-order valence-electron chi connectivity index (χ0n) is 12.7. The molecule has 0 aliphatic heterocycles. The summed E-state index contributed by atoms with van der Waals surface area (Å²) in [4.78, 5) is 14.8. The van der Waals surface area contributed by atoms with Crippen molar-refractivity contribution in [3.63, 3.8) is 0 Å². The highest BCUT2D eigenvalue weighted by atomic mass is 32.1. The monoisotopic (exact) mass is 297 g/mol. The number of amides is 1. The van der Waals surface area contributed by atoms with Crippen LogP contribution in [-0.4, -0.2) is 23.4 Å². The molecule has 20 heavy (non-hydrogen) atoms. The Morgan fingerprint density at radius 1 is 1.30 bits per heavy atom. The molecule has 0 N–H and O–H groups in total. The van der Waals surface area contributed by atoms with Gasteiger partial charge in [0, 0.05) is 23.0 Å². The van der Waals surface area contributed by atoms with Gasteiger partial charge in [-0.25, -0.2) is 4.39 Å². The lowest BCUT2D eigenvalue weighted by Crippen LogP contribution is -2.42. The molecule has 112 valence electrons. The molecule has 0 unspecified atom stereocenters. The number of nitrogens with zero attached hydrogens (tertiary/aromatic N) is 1. The number of halogens is 1. The summed E-state index contributed by atoms with van der Waals surface area (Å²) in [5, 5.41) is 0. The van der Waals surface area contributed by atoms with E-state index in [4.69, 9.17) is 0 Å². The third-order valence-corrected chi connectivity index (χ3v) is 3.74. The fourth-order valence-electron chi connectivity index (χ4n) is 2.33. The molecule has 0 radical (unpaired) electrons. The van der Waals surface area contributed by atoms with E-state index in [9.17, 15) is 9.18 Å². The fraction of sp³-hybridized carbons (Fsp3) is 0.562. The molecule has 1 aromatic rings. The van der Waals surface area contributed by atoms with Crippen molar-refractivity contribution in [1.29, 1.82) is 0 Å². The Morgan fingerprint density at radius 2 is 1.90 bits per heavy atom. The van der Waals surface area contributed by atoms with Crippen LogP contribution in [0.5, 0.6) is 0 Å². The first-order valence-electron chi connectivity index (χ1n) is 7.20. The second kappa shape index (κ2) is 7.67. The summed E-state index contributed by atoms with van der Waals surface area (Å²) < 4.78 is 13.3. The summed E-state index contributed by atoms with van der Waals surface area (Å²) >= 11 is 4.05. The number of carbonyl (C=O) groups is 1. The number of rotatable bonds is 6. The molecule has 0 saturated heterocycles. The Morgan fingerprint density at radius 3 is 2.35 bits per heavy atom. The maximum absolute atomic E-state index is 13.3. The van der Waals surface area contributed by atoms with Crippen molar-refractivity contribution in [2.45, 2.75) is 51.5 Å². The van der Waals surface area contributed by atoms with Crippen LogP contribution < -0.4 is 0 Å². The second-order valence-corrected chi connectivity index (χ2v) is 5.97. The Labute approximate surface area is 126 Å². The van der Waals surface area contributed by atoms with E-state index in [2.05, 4.69) is 40.3 Å². The molecule has 0 fully saturated rings. The van der Waals surface area contributed by atoms with Crippen molar-refractivity contribution in [2.75, 3.05) is 6.54 Å². The summed E-state index contributed by atoms with van der Waals surface area (Å²) in [6, 6.07) is 4.57. The van der Waals surface area contributed by atoms with E-state index in [1.807, 2.05) is 4.90 Å². The number of thiol groups is 1. The molecule has 0 aliphatic rings. The van der Waals surface area contributed by atoms with Gasteiger partial charge in [-0.05, 0) is 37.0 Å². The first kappa shape index (κ1) is 17.0. The number of carbonyl (C=O) groups excluding carboxylic acids is 1. The number of hydrogen-bond acceptors (Lipinski definition) is 2. The van der Waals surface area contributed by atoms with E-state index in [0.29, 0.717) is 18.0 Å². The average molecular weight is 297 g/mol. The van der Waals surface area contributed by atoms with Gasteiger partial charge in [-0.1, -0.05) is 27.7 Å². The predicted octanol–water partition coefficient (Wildman–Crippen LogP) is 4.40. The molecular formula is C16H24FNOS. The lowest BCUT2D eigenvalue weighted by Gasteiger charge is -2.32. The highest BCUT2D eigenvalue weighted by Gasteiger charge is 2.23. The minimum Gasteiger partial charge on any atom is -0.335 e. The minimum absolute atomic E-state index is 0.0392. The lowest BCUT2D eigenvalue weighted by atomic mass is 10.1. The number of benzene rings is 1. The predicted molar refractivity (Wildman–Crippen MR) is 83.9 cm³/mol. The zero-order valence-corrected chi connectivity index (χ0v) is 13.6. The van der Waals surface area contributed by atoms with E-state index in [0.717, 1.165) is 12.8 Å².